The highest BCUT2D eigenvalue weighted by molar-refractivity contribution is 6.04. The van der Waals surface area contributed by atoms with Crippen molar-refractivity contribution in [1.29, 1.82) is 0 Å². The third-order valence-corrected chi connectivity index (χ3v) is 6.40. The van der Waals surface area contributed by atoms with Gasteiger partial charge in [0, 0.05) is 23.2 Å². The Balaban J connectivity index is 1.68. The maximum atomic E-state index is 13.7. The topological polar surface area (TPSA) is 78.5 Å². The molecule has 0 spiro atoms. The number of aromatic nitrogens is 2. The minimum absolute atomic E-state index is 0.187. The van der Waals surface area contributed by atoms with Gasteiger partial charge in [-0.15, -0.1) is 0 Å². The summed E-state index contributed by atoms with van der Waals surface area (Å²) < 4.78 is 32.4. The molecule has 1 amide bonds. The van der Waals surface area contributed by atoms with Gasteiger partial charge in [0.2, 0.25) is 0 Å². The van der Waals surface area contributed by atoms with E-state index in [1.54, 1.807) is 37.4 Å². The van der Waals surface area contributed by atoms with Crippen LogP contribution in [0.2, 0.25) is 0 Å². The second kappa shape index (κ2) is 9.66. The molecule has 1 aliphatic carbocycles. The van der Waals surface area contributed by atoms with Gasteiger partial charge in [-0.1, -0.05) is 12.8 Å². The predicted molar refractivity (Wildman–Crippen MR) is 130 cm³/mol. The number of rotatable bonds is 7. The van der Waals surface area contributed by atoms with Crippen molar-refractivity contribution >= 4 is 11.6 Å². The molecule has 8 heteroatoms. The van der Waals surface area contributed by atoms with Crippen molar-refractivity contribution in [3.8, 4) is 34.0 Å². The number of benzene rings is 2. The van der Waals surface area contributed by atoms with Crippen LogP contribution in [-0.2, 0) is 0 Å². The quantitative estimate of drug-likeness (QED) is 0.338. The smallest absolute Gasteiger partial charge is 0.291 e. The molecular weight excluding hydrogens is 449 g/mol. The lowest BCUT2D eigenvalue weighted by Gasteiger charge is -2.20. The minimum Gasteiger partial charge on any atom is -0.496 e. The lowest BCUT2D eigenvalue weighted by atomic mass is 10.0. The van der Waals surface area contributed by atoms with E-state index in [9.17, 15) is 9.18 Å². The number of halogens is 1. The van der Waals surface area contributed by atoms with E-state index in [1.165, 1.54) is 25.5 Å². The van der Waals surface area contributed by atoms with Crippen molar-refractivity contribution in [3.05, 3.63) is 72.7 Å². The Labute approximate surface area is 202 Å². The lowest BCUT2D eigenvalue weighted by Crippen LogP contribution is -2.12. The van der Waals surface area contributed by atoms with Gasteiger partial charge in [-0.3, -0.25) is 4.79 Å². The van der Waals surface area contributed by atoms with Crippen LogP contribution in [0.25, 0.3) is 22.5 Å². The molecule has 1 N–H and O–H groups in total. The molecule has 180 valence electrons. The van der Waals surface area contributed by atoms with Crippen LogP contribution < -0.4 is 14.8 Å². The number of nitrogens with one attached hydrogen (secondary N) is 1. The number of nitrogens with zero attached hydrogens (tertiary/aromatic N) is 2. The van der Waals surface area contributed by atoms with Gasteiger partial charge in [0.25, 0.3) is 5.91 Å². The Morgan fingerprint density at radius 2 is 1.83 bits per heavy atom. The molecule has 1 fully saturated rings. The van der Waals surface area contributed by atoms with Crippen molar-refractivity contribution in [2.24, 2.45) is 0 Å². The Morgan fingerprint density at radius 3 is 2.49 bits per heavy atom. The largest absolute Gasteiger partial charge is 0.496 e. The summed E-state index contributed by atoms with van der Waals surface area (Å²) in [4.78, 5) is 17.5. The van der Waals surface area contributed by atoms with Gasteiger partial charge in [-0.25, -0.2) is 9.37 Å². The van der Waals surface area contributed by atoms with Crippen molar-refractivity contribution in [2.45, 2.75) is 31.7 Å². The summed E-state index contributed by atoms with van der Waals surface area (Å²) in [5, 5.41) is 2.88. The number of amides is 1. The van der Waals surface area contributed by atoms with Crippen molar-refractivity contribution in [1.82, 2.24) is 9.55 Å². The minimum atomic E-state index is -0.396. The fourth-order valence-electron chi connectivity index (χ4n) is 4.68. The average molecular weight is 476 g/mol. The zero-order valence-corrected chi connectivity index (χ0v) is 19.6. The summed E-state index contributed by atoms with van der Waals surface area (Å²) in [7, 11) is 3.12. The molecule has 2 heterocycles. The second-order valence-corrected chi connectivity index (χ2v) is 8.48. The van der Waals surface area contributed by atoms with Crippen LogP contribution in [0.4, 0.5) is 10.1 Å². The Morgan fingerprint density at radius 1 is 1.09 bits per heavy atom. The highest BCUT2D eigenvalue weighted by Crippen LogP contribution is 2.45. The average Bonchev–Trinajstić information content (AvgIpc) is 3.66. The van der Waals surface area contributed by atoms with Gasteiger partial charge in [-0.05, 0) is 55.3 Å². The monoisotopic (exact) mass is 475 g/mol. The molecule has 0 aliphatic heterocycles. The van der Waals surface area contributed by atoms with Crippen LogP contribution in [-0.4, -0.2) is 29.7 Å². The Kier molecular flexibility index (Phi) is 6.27. The fourth-order valence-corrected chi connectivity index (χ4v) is 4.68. The van der Waals surface area contributed by atoms with E-state index in [4.69, 9.17) is 18.9 Å². The van der Waals surface area contributed by atoms with Crippen molar-refractivity contribution < 1.29 is 23.1 Å². The number of hydrogen-bond donors (Lipinski definition) is 1. The SMILES string of the molecule is COc1cc(OC)c(-c2c(-c3ccc(F)cc3)ncn2C2CCCC2)cc1NC(=O)c1ccco1. The van der Waals surface area contributed by atoms with Crippen LogP contribution >= 0.6 is 0 Å². The zero-order chi connectivity index (χ0) is 24.4. The van der Waals surface area contributed by atoms with Gasteiger partial charge in [0.1, 0.15) is 17.3 Å². The highest BCUT2D eigenvalue weighted by Gasteiger charge is 2.27. The number of ether oxygens (including phenoxy) is 2. The molecule has 7 nitrogen and oxygen atoms in total. The first-order valence-corrected chi connectivity index (χ1v) is 11.5. The second-order valence-electron chi connectivity index (χ2n) is 8.48. The summed E-state index contributed by atoms with van der Waals surface area (Å²) in [5.74, 6) is 0.497. The van der Waals surface area contributed by atoms with E-state index in [1.807, 2.05) is 12.4 Å². The maximum Gasteiger partial charge on any atom is 0.291 e. The highest BCUT2D eigenvalue weighted by atomic mass is 19.1. The first-order chi connectivity index (χ1) is 17.1. The molecule has 35 heavy (non-hydrogen) atoms. The first kappa shape index (κ1) is 22.7. The Bertz CT molecular complexity index is 1320. The predicted octanol–water partition coefficient (Wildman–Crippen LogP) is 6.33. The number of imidazole rings is 1. The number of methoxy groups -OCH3 is 2. The van der Waals surface area contributed by atoms with E-state index in [0.717, 1.165) is 42.5 Å². The summed E-state index contributed by atoms with van der Waals surface area (Å²) >= 11 is 0. The van der Waals surface area contributed by atoms with Crippen molar-refractivity contribution in [3.63, 3.8) is 0 Å². The molecule has 2 aromatic carbocycles. The summed E-state index contributed by atoms with van der Waals surface area (Å²) in [6.07, 6.45) is 7.69. The first-order valence-electron chi connectivity index (χ1n) is 11.5. The number of carbonyl (C=O) groups is 1. The molecule has 1 aliphatic rings. The molecule has 2 aromatic heterocycles. The van der Waals surface area contributed by atoms with E-state index >= 15 is 0 Å². The van der Waals surface area contributed by atoms with Gasteiger partial charge >= 0.3 is 0 Å². The van der Waals surface area contributed by atoms with Crippen LogP contribution in [0, 0.1) is 5.82 Å². The third-order valence-electron chi connectivity index (χ3n) is 6.40. The maximum absolute atomic E-state index is 13.7. The summed E-state index contributed by atoms with van der Waals surface area (Å²) in [5.41, 5.74) is 3.55. The van der Waals surface area contributed by atoms with Crippen molar-refractivity contribution in [2.75, 3.05) is 19.5 Å². The molecule has 0 saturated heterocycles. The van der Waals surface area contributed by atoms with Crippen LogP contribution in [0.5, 0.6) is 11.5 Å². The molecule has 0 bridgehead atoms. The summed E-state index contributed by atoms with van der Waals surface area (Å²) in [6.45, 7) is 0. The zero-order valence-electron chi connectivity index (χ0n) is 19.6. The van der Waals surface area contributed by atoms with Crippen LogP contribution in [0.3, 0.4) is 0 Å². The van der Waals surface area contributed by atoms with Crippen LogP contribution in [0.1, 0.15) is 42.3 Å². The lowest BCUT2D eigenvalue weighted by molar-refractivity contribution is 0.0996. The number of hydrogen-bond acceptors (Lipinski definition) is 5. The summed E-state index contributed by atoms with van der Waals surface area (Å²) in [6, 6.07) is 13.4. The third kappa shape index (κ3) is 4.39. The number of carbonyl (C=O) groups excluding carboxylic acids is 1. The molecule has 1 saturated carbocycles. The van der Waals surface area contributed by atoms with E-state index in [0.29, 0.717) is 28.9 Å². The van der Waals surface area contributed by atoms with Gasteiger partial charge in [0.05, 0.1) is 43.9 Å². The normalized spacial score (nSPS) is 13.7. The van der Waals surface area contributed by atoms with Gasteiger partial charge in [-0.2, -0.15) is 0 Å². The molecule has 4 aromatic rings. The molecule has 5 rings (SSSR count). The molecule has 0 radical (unpaired) electrons. The van der Waals surface area contributed by atoms with Crippen LogP contribution in [0.15, 0.2) is 65.5 Å². The van der Waals surface area contributed by atoms with E-state index in [-0.39, 0.29) is 11.6 Å². The molecule has 0 atom stereocenters. The number of furan rings is 1. The van der Waals surface area contributed by atoms with Gasteiger partial charge < -0.3 is 23.8 Å². The number of anilines is 1. The van der Waals surface area contributed by atoms with E-state index < -0.39 is 5.91 Å². The standard InChI is InChI=1S/C27H26FN3O4/c1-33-23-15-24(34-2)21(30-27(32)22-8-5-13-35-22)14-20(23)26-25(17-9-11-18(28)12-10-17)29-16-31(26)19-6-3-4-7-19/h5,8-16,19H,3-4,6-7H2,1-2H3,(H,30,32). The molecular formula is C27H26FN3O4. The Hall–Kier alpha value is -4.07. The molecule has 0 unspecified atom stereocenters. The van der Waals surface area contributed by atoms with Gasteiger partial charge in [0.15, 0.2) is 5.76 Å². The fraction of sp³-hybridized carbons (Fsp3) is 0.259. The van der Waals surface area contributed by atoms with E-state index in [2.05, 4.69) is 9.88 Å².